The molecule has 6 nitrogen and oxygen atoms in total. The molecular weight excluding hydrogens is 341 g/mol. The van der Waals surface area contributed by atoms with Crippen LogP contribution in [0.5, 0.6) is 0 Å². The zero-order chi connectivity index (χ0) is 19.0. The first-order chi connectivity index (χ1) is 11.6. The second-order valence-corrected chi connectivity index (χ2v) is 5.72. The smallest absolute Gasteiger partial charge is 0.405 e. The average molecular weight is 360 g/mol. The molecule has 0 spiro atoms. The molecule has 0 heterocycles. The minimum absolute atomic E-state index is 0.224. The molecule has 1 aromatic carbocycles. The maximum atomic E-state index is 11.9. The summed E-state index contributed by atoms with van der Waals surface area (Å²) in [5.41, 5.74) is 1.27. The van der Waals surface area contributed by atoms with Crippen LogP contribution in [0.25, 0.3) is 0 Å². The number of carbonyl (C=O) groups is 3. The molecule has 1 rings (SSSR count). The summed E-state index contributed by atoms with van der Waals surface area (Å²) in [5.74, 6) is -1.35. The van der Waals surface area contributed by atoms with E-state index in [4.69, 9.17) is 4.74 Å². The van der Waals surface area contributed by atoms with Gasteiger partial charge in [0, 0.05) is 0 Å². The molecule has 138 valence electrons. The summed E-state index contributed by atoms with van der Waals surface area (Å²) < 4.78 is 40.4. The molecule has 0 bridgehead atoms. The van der Waals surface area contributed by atoms with Gasteiger partial charge in [0.2, 0.25) is 0 Å². The summed E-state index contributed by atoms with van der Waals surface area (Å²) in [7, 11) is 0. The molecule has 1 aromatic rings. The third-order valence-electron chi connectivity index (χ3n) is 2.87. The topological polar surface area (TPSA) is 84.5 Å². The number of ether oxygens (including phenoxy) is 1. The highest BCUT2D eigenvalue weighted by atomic mass is 19.4. The van der Waals surface area contributed by atoms with E-state index < -0.39 is 37.2 Å². The Morgan fingerprint density at radius 2 is 1.72 bits per heavy atom. The Kier molecular flexibility index (Phi) is 7.41. The Bertz CT molecular complexity index is 613. The first-order valence-corrected chi connectivity index (χ1v) is 7.47. The maximum Gasteiger partial charge on any atom is 0.405 e. The van der Waals surface area contributed by atoms with Crippen molar-refractivity contribution in [2.24, 2.45) is 5.92 Å². The van der Waals surface area contributed by atoms with E-state index in [2.05, 4.69) is 13.8 Å². The number of hydrogen-bond acceptors (Lipinski definition) is 4. The van der Waals surface area contributed by atoms with Gasteiger partial charge in [-0.3, -0.25) is 10.1 Å². The first kappa shape index (κ1) is 20.5. The standard InChI is InChI=1S/C16H19F3N2O4/c1-10(2)7-11-3-5-12(6-4-11)14(23)25-8-13(22)21-15(24)20-9-16(17,18)19/h3-6,10H,7-9H2,1-2H3,(H2,20,21,22,24). The molecule has 9 heteroatoms. The van der Waals surface area contributed by atoms with Gasteiger partial charge < -0.3 is 10.1 Å². The van der Waals surface area contributed by atoms with Gasteiger partial charge in [-0.15, -0.1) is 0 Å². The van der Waals surface area contributed by atoms with E-state index in [9.17, 15) is 27.6 Å². The number of imide groups is 1. The molecule has 0 fully saturated rings. The van der Waals surface area contributed by atoms with Gasteiger partial charge in [-0.1, -0.05) is 26.0 Å². The molecule has 0 unspecified atom stereocenters. The molecule has 2 N–H and O–H groups in total. The second kappa shape index (κ2) is 9.05. The third-order valence-corrected chi connectivity index (χ3v) is 2.87. The normalized spacial score (nSPS) is 11.1. The summed E-state index contributed by atoms with van der Waals surface area (Å²) >= 11 is 0. The SMILES string of the molecule is CC(C)Cc1ccc(C(=O)OCC(=O)NC(=O)NCC(F)(F)F)cc1. The molecule has 0 aliphatic heterocycles. The number of benzene rings is 1. The monoisotopic (exact) mass is 360 g/mol. The molecular formula is C16H19F3N2O4. The van der Waals surface area contributed by atoms with Gasteiger partial charge in [0.1, 0.15) is 6.54 Å². The number of rotatable bonds is 6. The van der Waals surface area contributed by atoms with Crippen molar-refractivity contribution in [2.45, 2.75) is 26.4 Å². The van der Waals surface area contributed by atoms with Crippen molar-refractivity contribution in [3.8, 4) is 0 Å². The fourth-order valence-electron chi connectivity index (χ4n) is 1.85. The highest BCUT2D eigenvalue weighted by Crippen LogP contribution is 2.12. The van der Waals surface area contributed by atoms with Gasteiger partial charge in [0.25, 0.3) is 5.91 Å². The fourth-order valence-corrected chi connectivity index (χ4v) is 1.85. The van der Waals surface area contributed by atoms with Crippen LogP contribution in [0.2, 0.25) is 0 Å². The van der Waals surface area contributed by atoms with Crippen molar-refractivity contribution >= 4 is 17.9 Å². The van der Waals surface area contributed by atoms with Crippen LogP contribution in [0.3, 0.4) is 0 Å². The van der Waals surface area contributed by atoms with Crippen molar-refractivity contribution in [1.82, 2.24) is 10.6 Å². The quantitative estimate of drug-likeness (QED) is 0.763. The number of alkyl halides is 3. The summed E-state index contributed by atoms with van der Waals surface area (Å²) in [6.07, 6.45) is -3.74. The molecule has 3 amide bonds. The van der Waals surface area contributed by atoms with Crippen LogP contribution < -0.4 is 10.6 Å². The molecule has 0 radical (unpaired) electrons. The first-order valence-electron chi connectivity index (χ1n) is 7.47. The molecule has 0 aliphatic rings. The van der Waals surface area contributed by atoms with Crippen molar-refractivity contribution < 1.29 is 32.3 Å². The van der Waals surface area contributed by atoms with Crippen molar-refractivity contribution in [3.63, 3.8) is 0 Å². The van der Waals surface area contributed by atoms with Gasteiger partial charge in [-0.2, -0.15) is 13.2 Å². The zero-order valence-corrected chi connectivity index (χ0v) is 13.8. The van der Waals surface area contributed by atoms with Crippen LogP contribution in [-0.4, -0.2) is 37.2 Å². The third kappa shape index (κ3) is 8.73. The van der Waals surface area contributed by atoms with Gasteiger partial charge >= 0.3 is 18.2 Å². The number of carbonyl (C=O) groups excluding carboxylic acids is 3. The molecule has 0 atom stereocenters. The lowest BCUT2D eigenvalue weighted by atomic mass is 10.0. The second-order valence-electron chi connectivity index (χ2n) is 5.72. The Hall–Kier alpha value is -2.58. The number of hydrogen-bond donors (Lipinski definition) is 2. The average Bonchev–Trinajstić information content (AvgIpc) is 2.50. The Labute approximate surface area is 142 Å². The van der Waals surface area contributed by atoms with E-state index in [1.54, 1.807) is 29.6 Å². The minimum atomic E-state index is -4.59. The number of urea groups is 1. The van der Waals surface area contributed by atoms with Crippen LogP contribution in [0.4, 0.5) is 18.0 Å². The van der Waals surface area contributed by atoms with E-state index in [0.717, 1.165) is 12.0 Å². The lowest BCUT2D eigenvalue weighted by molar-refractivity contribution is -0.125. The van der Waals surface area contributed by atoms with Crippen LogP contribution in [-0.2, 0) is 16.0 Å². The molecule has 0 aliphatic carbocycles. The van der Waals surface area contributed by atoms with Gasteiger partial charge in [-0.05, 0) is 30.0 Å². The summed E-state index contributed by atoms with van der Waals surface area (Å²) in [6, 6.07) is 5.31. The predicted molar refractivity (Wildman–Crippen MR) is 82.9 cm³/mol. The number of halogens is 3. The number of esters is 1. The molecule has 0 saturated carbocycles. The maximum absolute atomic E-state index is 11.9. The lowest BCUT2D eigenvalue weighted by Crippen LogP contribution is -2.44. The van der Waals surface area contributed by atoms with E-state index in [-0.39, 0.29) is 5.56 Å². The summed E-state index contributed by atoms with van der Waals surface area (Å²) in [6.45, 7) is 1.76. The summed E-state index contributed by atoms with van der Waals surface area (Å²) in [4.78, 5) is 34.2. The minimum Gasteiger partial charge on any atom is -0.452 e. The lowest BCUT2D eigenvalue weighted by Gasteiger charge is -2.09. The highest BCUT2D eigenvalue weighted by molar-refractivity contribution is 5.97. The van der Waals surface area contributed by atoms with Crippen LogP contribution in [0, 0.1) is 5.92 Å². The number of nitrogens with one attached hydrogen (secondary N) is 2. The predicted octanol–water partition coefficient (Wildman–Crippen LogP) is 2.43. The number of amides is 3. The highest BCUT2D eigenvalue weighted by Gasteiger charge is 2.28. The largest absolute Gasteiger partial charge is 0.452 e. The van der Waals surface area contributed by atoms with Crippen molar-refractivity contribution in [3.05, 3.63) is 35.4 Å². The Morgan fingerprint density at radius 1 is 1.12 bits per heavy atom. The van der Waals surface area contributed by atoms with Gasteiger partial charge in [0.05, 0.1) is 5.56 Å². The fraction of sp³-hybridized carbons (Fsp3) is 0.438. The molecule has 25 heavy (non-hydrogen) atoms. The van der Waals surface area contributed by atoms with Crippen molar-refractivity contribution in [1.29, 1.82) is 0 Å². The molecule has 0 saturated heterocycles. The van der Waals surface area contributed by atoms with Gasteiger partial charge in [-0.25, -0.2) is 9.59 Å². The van der Waals surface area contributed by atoms with Crippen molar-refractivity contribution in [2.75, 3.05) is 13.2 Å². The van der Waals surface area contributed by atoms with E-state index in [1.165, 1.54) is 5.32 Å². The summed E-state index contributed by atoms with van der Waals surface area (Å²) in [5, 5.41) is 3.08. The van der Waals surface area contributed by atoms with E-state index >= 15 is 0 Å². The zero-order valence-electron chi connectivity index (χ0n) is 13.8. The van der Waals surface area contributed by atoms with Crippen LogP contribution >= 0.6 is 0 Å². The molecule has 0 aromatic heterocycles. The Balaban J connectivity index is 2.40. The van der Waals surface area contributed by atoms with Crippen LogP contribution in [0.15, 0.2) is 24.3 Å². The van der Waals surface area contributed by atoms with E-state index in [1.807, 2.05) is 0 Å². The van der Waals surface area contributed by atoms with Gasteiger partial charge in [0.15, 0.2) is 6.61 Å². The van der Waals surface area contributed by atoms with E-state index in [0.29, 0.717) is 5.92 Å². The Morgan fingerprint density at radius 3 is 2.24 bits per heavy atom. The van der Waals surface area contributed by atoms with Crippen LogP contribution in [0.1, 0.15) is 29.8 Å².